The quantitative estimate of drug-likeness (QED) is 0.529. The summed E-state index contributed by atoms with van der Waals surface area (Å²) in [6.45, 7) is 4.31. The summed E-state index contributed by atoms with van der Waals surface area (Å²) < 4.78 is 0. The van der Waals surface area contributed by atoms with E-state index in [4.69, 9.17) is 0 Å². The van der Waals surface area contributed by atoms with Gasteiger partial charge in [0.05, 0.1) is 5.60 Å². The zero-order valence-electron chi connectivity index (χ0n) is 12.0. The van der Waals surface area contributed by atoms with Crippen molar-refractivity contribution in [1.82, 2.24) is 0 Å². The molecule has 0 aromatic heterocycles. The van der Waals surface area contributed by atoms with E-state index in [1.807, 2.05) is 6.92 Å². The van der Waals surface area contributed by atoms with Crippen LogP contribution in [0.3, 0.4) is 0 Å². The molecule has 1 atom stereocenters. The minimum Gasteiger partial charge on any atom is -0.390 e. The van der Waals surface area contributed by atoms with Crippen molar-refractivity contribution in [1.29, 1.82) is 0 Å². The lowest BCUT2D eigenvalue weighted by atomic mass is 9.76. The van der Waals surface area contributed by atoms with Crippen LogP contribution in [0.1, 0.15) is 90.9 Å². The molecular formula is C16H32O. The van der Waals surface area contributed by atoms with Gasteiger partial charge in [-0.3, -0.25) is 0 Å². The molecule has 1 heteroatoms. The molecule has 0 aliphatic heterocycles. The Morgan fingerprint density at radius 3 is 2.12 bits per heavy atom. The van der Waals surface area contributed by atoms with E-state index in [0.29, 0.717) is 0 Å². The molecule has 1 fully saturated rings. The van der Waals surface area contributed by atoms with Gasteiger partial charge < -0.3 is 5.11 Å². The van der Waals surface area contributed by atoms with Crippen LogP contribution in [0.15, 0.2) is 0 Å². The monoisotopic (exact) mass is 240 g/mol. The summed E-state index contributed by atoms with van der Waals surface area (Å²) >= 11 is 0. The molecule has 0 aromatic rings. The molecule has 0 radical (unpaired) electrons. The summed E-state index contributed by atoms with van der Waals surface area (Å²) in [4.78, 5) is 0. The Morgan fingerprint density at radius 1 is 1.00 bits per heavy atom. The lowest BCUT2D eigenvalue weighted by Gasteiger charge is -2.33. The van der Waals surface area contributed by atoms with Crippen LogP contribution in [-0.2, 0) is 0 Å². The van der Waals surface area contributed by atoms with Gasteiger partial charge in [0.1, 0.15) is 0 Å². The zero-order valence-corrected chi connectivity index (χ0v) is 12.0. The average Bonchev–Trinajstić information content (AvgIpc) is 2.23. The van der Waals surface area contributed by atoms with Crippen molar-refractivity contribution >= 4 is 0 Å². The van der Waals surface area contributed by atoms with Crippen LogP contribution in [0.4, 0.5) is 0 Å². The third-order valence-corrected chi connectivity index (χ3v) is 4.27. The minimum atomic E-state index is -0.380. The van der Waals surface area contributed by atoms with Gasteiger partial charge in [-0.2, -0.15) is 0 Å². The highest BCUT2D eigenvalue weighted by Gasteiger charge is 2.28. The first-order valence-corrected chi connectivity index (χ1v) is 7.86. The zero-order chi connectivity index (χ0) is 12.6. The van der Waals surface area contributed by atoms with Crippen molar-refractivity contribution in [3.8, 4) is 0 Å². The molecule has 1 aliphatic carbocycles. The molecule has 1 saturated carbocycles. The van der Waals surface area contributed by atoms with Gasteiger partial charge in [0.15, 0.2) is 0 Å². The number of rotatable bonds is 10. The van der Waals surface area contributed by atoms with Gasteiger partial charge in [-0.1, -0.05) is 71.1 Å². The van der Waals surface area contributed by atoms with E-state index in [1.54, 1.807) is 0 Å². The Kier molecular flexibility index (Phi) is 7.18. The van der Waals surface area contributed by atoms with Crippen LogP contribution in [0.2, 0.25) is 0 Å². The van der Waals surface area contributed by atoms with Crippen LogP contribution in [-0.4, -0.2) is 10.7 Å². The molecule has 0 spiro atoms. The maximum Gasteiger partial charge on any atom is 0.0622 e. The van der Waals surface area contributed by atoms with E-state index in [9.17, 15) is 5.11 Å². The third-order valence-electron chi connectivity index (χ3n) is 4.27. The maximum atomic E-state index is 10.3. The maximum absolute atomic E-state index is 10.3. The van der Waals surface area contributed by atoms with Crippen molar-refractivity contribution < 1.29 is 5.11 Å². The molecule has 1 aliphatic rings. The molecule has 0 aromatic carbocycles. The highest BCUT2D eigenvalue weighted by atomic mass is 16.3. The summed E-state index contributed by atoms with van der Waals surface area (Å²) in [7, 11) is 0. The fraction of sp³-hybridized carbons (Fsp3) is 1.00. The van der Waals surface area contributed by atoms with Crippen molar-refractivity contribution in [2.24, 2.45) is 5.92 Å². The summed E-state index contributed by atoms with van der Waals surface area (Å²) in [6.07, 6.45) is 15.5. The summed E-state index contributed by atoms with van der Waals surface area (Å²) in [6, 6.07) is 0. The van der Waals surface area contributed by atoms with Crippen molar-refractivity contribution in [3.05, 3.63) is 0 Å². The molecule has 17 heavy (non-hydrogen) atoms. The van der Waals surface area contributed by atoms with Gasteiger partial charge >= 0.3 is 0 Å². The van der Waals surface area contributed by atoms with Crippen LogP contribution in [0.5, 0.6) is 0 Å². The van der Waals surface area contributed by atoms with E-state index in [1.165, 1.54) is 64.2 Å². The van der Waals surface area contributed by atoms with Crippen LogP contribution >= 0.6 is 0 Å². The normalized spacial score (nSPS) is 19.9. The second kappa shape index (κ2) is 8.13. The average molecular weight is 240 g/mol. The summed E-state index contributed by atoms with van der Waals surface area (Å²) in [5.41, 5.74) is -0.380. The topological polar surface area (TPSA) is 20.2 Å². The van der Waals surface area contributed by atoms with Gasteiger partial charge in [-0.25, -0.2) is 0 Å². The van der Waals surface area contributed by atoms with Gasteiger partial charge in [0.2, 0.25) is 0 Å². The Hall–Kier alpha value is -0.0400. The van der Waals surface area contributed by atoms with Crippen molar-refractivity contribution in [2.45, 2.75) is 96.5 Å². The smallest absolute Gasteiger partial charge is 0.0622 e. The number of unbranched alkanes of at least 4 members (excludes halogenated alkanes) is 6. The Balaban J connectivity index is 1.92. The largest absolute Gasteiger partial charge is 0.390 e. The van der Waals surface area contributed by atoms with E-state index < -0.39 is 0 Å². The molecule has 1 rings (SSSR count). The Morgan fingerprint density at radius 2 is 1.59 bits per heavy atom. The summed E-state index contributed by atoms with van der Waals surface area (Å²) in [5, 5.41) is 10.3. The summed E-state index contributed by atoms with van der Waals surface area (Å²) in [5.74, 6) is 0.828. The Bertz CT molecular complexity index is 182. The van der Waals surface area contributed by atoms with Crippen LogP contribution < -0.4 is 0 Å². The van der Waals surface area contributed by atoms with Gasteiger partial charge in [0.25, 0.3) is 0 Å². The van der Waals surface area contributed by atoms with Crippen LogP contribution in [0.25, 0.3) is 0 Å². The van der Waals surface area contributed by atoms with Gasteiger partial charge in [-0.15, -0.1) is 0 Å². The molecule has 102 valence electrons. The minimum absolute atomic E-state index is 0.380. The number of hydrogen-bond donors (Lipinski definition) is 1. The SMILES string of the molecule is CCCCCCCCCC(C)(O)CC1CCC1. The molecule has 0 amide bonds. The fourth-order valence-electron chi connectivity index (χ4n) is 2.88. The molecule has 0 bridgehead atoms. The first-order valence-electron chi connectivity index (χ1n) is 7.86. The second-order valence-corrected chi connectivity index (χ2v) is 6.37. The van der Waals surface area contributed by atoms with E-state index in [0.717, 1.165) is 18.8 Å². The highest BCUT2D eigenvalue weighted by Crippen LogP contribution is 2.35. The first kappa shape index (κ1) is 15.0. The highest BCUT2D eigenvalue weighted by molar-refractivity contribution is 4.81. The molecule has 1 nitrogen and oxygen atoms in total. The lowest BCUT2D eigenvalue weighted by Crippen LogP contribution is -2.30. The number of hydrogen-bond acceptors (Lipinski definition) is 1. The van der Waals surface area contributed by atoms with Gasteiger partial charge in [0, 0.05) is 0 Å². The molecule has 1 N–H and O–H groups in total. The Labute approximate surface area is 108 Å². The molecule has 1 unspecified atom stereocenters. The molecule has 0 heterocycles. The van der Waals surface area contributed by atoms with Crippen molar-refractivity contribution in [3.63, 3.8) is 0 Å². The predicted molar refractivity (Wildman–Crippen MR) is 75.2 cm³/mol. The van der Waals surface area contributed by atoms with Crippen molar-refractivity contribution in [2.75, 3.05) is 0 Å². The first-order chi connectivity index (χ1) is 8.14. The fourth-order valence-corrected chi connectivity index (χ4v) is 2.88. The van der Waals surface area contributed by atoms with E-state index in [-0.39, 0.29) is 5.60 Å². The standard InChI is InChI=1S/C16H32O/c1-3-4-5-6-7-8-9-13-16(2,17)14-15-11-10-12-15/h15,17H,3-14H2,1-2H3. The second-order valence-electron chi connectivity index (χ2n) is 6.37. The van der Waals surface area contributed by atoms with Gasteiger partial charge in [-0.05, 0) is 25.7 Å². The molecule has 0 saturated heterocycles. The third kappa shape index (κ3) is 7.08. The van der Waals surface area contributed by atoms with Crippen LogP contribution in [0, 0.1) is 5.92 Å². The molecular weight excluding hydrogens is 208 g/mol. The lowest BCUT2D eigenvalue weighted by molar-refractivity contribution is 0.0103. The van der Waals surface area contributed by atoms with E-state index in [2.05, 4.69) is 6.92 Å². The number of aliphatic hydroxyl groups is 1. The van der Waals surface area contributed by atoms with E-state index >= 15 is 0 Å². The predicted octanol–water partition coefficient (Wildman–Crippen LogP) is 5.07.